The summed E-state index contributed by atoms with van der Waals surface area (Å²) in [5.41, 5.74) is 11.1. The number of hydrogen-bond donors (Lipinski definition) is 2. The van der Waals surface area contributed by atoms with E-state index in [0.717, 1.165) is 31.7 Å². The molecule has 1 aromatic carbocycles. The van der Waals surface area contributed by atoms with Crippen LogP contribution in [0.2, 0.25) is 0 Å². The van der Waals surface area contributed by atoms with Crippen LogP contribution >= 0.6 is 0 Å². The second kappa shape index (κ2) is 7.51. The van der Waals surface area contributed by atoms with Gasteiger partial charge < -0.3 is 15.8 Å². The first kappa shape index (κ1) is 16.0. The summed E-state index contributed by atoms with van der Waals surface area (Å²) in [5.74, 6) is 0.990. The van der Waals surface area contributed by atoms with Crippen LogP contribution in [-0.4, -0.2) is 26.2 Å². The predicted octanol–water partition coefficient (Wildman–Crippen LogP) is 2.49. The number of hydrogen-bond acceptors (Lipinski definition) is 3. The lowest BCUT2D eigenvalue weighted by atomic mass is 9.95. The number of aryl methyl sites for hydroxylation is 1. The topological polar surface area (TPSA) is 47.3 Å². The number of methoxy groups -OCH3 is 1. The van der Waals surface area contributed by atoms with E-state index in [4.69, 9.17) is 10.5 Å². The van der Waals surface area contributed by atoms with E-state index in [-0.39, 0.29) is 6.04 Å². The second-order valence-corrected chi connectivity index (χ2v) is 5.39. The largest absolute Gasteiger partial charge is 0.496 e. The molecular weight excluding hydrogens is 236 g/mol. The van der Waals surface area contributed by atoms with Gasteiger partial charge in [0, 0.05) is 6.04 Å². The molecule has 3 N–H and O–H groups in total. The van der Waals surface area contributed by atoms with Crippen molar-refractivity contribution in [2.75, 3.05) is 20.2 Å². The minimum Gasteiger partial charge on any atom is -0.496 e. The van der Waals surface area contributed by atoms with Gasteiger partial charge in [0.15, 0.2) is 0 Å². The van der Waals surface area contributed by atoms with Crippen LogP contribution in [0.3, 0.4) is 0 Å². The molecule has 19 heavy (non-hydrogen) atoms. The molecule has 0 radical (unpaired) electrons. The van der Waals surface area contributed by atoms with Crippen molar-refractivity contribution in [2.24, 2.45) is 5.73 Å². The van der Waals surface area contributed by atoms with Crippen molar-refractivity contribution in [1.29, 1.82) is 0 Å². The van der Waals surface area contributed by atoms with Gasteiger partial charge >= 0.3 is 0 Å². The first-order valence-corrected chi connectivity index (χ1v) is 7.07. The minimum absolute atomic E-state index is 0.277. The van der Waals surface area contributed by atoms with Crippen LogP contribution in [0.1, 0.15) is 35.6 Å². The van der Waals surface area contributed by atoms with Crippen molar-refractivity contribution in [1.82, 2.24) is 5.32 Å². The van der Waals surface area contributed by atoms with Crippen molar-refractivity contribution < 1.29 is 4.74 Å². The Morgan fingerprint density at radius 1 is 1.21 bits per heavy atom. The van der Waals surface area contributed by atoms with E-state index < -0.39 is 0 Å². The van der Waals surface area contributed by atoms with Crippen molar-refractivity contribution in [3.8, 4) is 5.75 Å². The van der Waals surface area contributed by atoms with Crippen LogP contribution < -0.4 is 15.8 Å². The highest BCUT2D eigenvalue weighted by Crippen LogP contribution is 2.27. The zero-order valence-electron chi connectivity index (χ0n) is 13.0. The molecule has 1 atom stereocenters. The molecule has 0 fully saturated rings. The third-order valence-corrected chi connectivity index (χ3v) is 3.76. The lowest BCUT2D eigenvalue weighted by Gasteiger charge is -2.16. The molecule has 0 amide bonds. The molecule has 0 aliphatic rings. The fraction of sp³-hybridized carbons (Fsp3) is 0.625. The predicted molar refractivity (Wildman–Crippen MR) is 82.0 cm³/mol. The van der Waals surface area contributed by atoms with E-state index in [1.165, 1.54) is 22.3 Å². The number of rotatable bonds is 7. The van der Waals surface area contributed by atoms with Crippen LogP contribution in [0.15, 0.2) is 6.07 Å². The van der Waals surface area contributed by atoms with Gasteiger partial charge in [-0.1, -0.05) is 0 Å². The maximum absolute atomic E-state index is 5.73. The van der Waals surface area contributed by atoms with E-state index in [0.29, 0.717) is 0 Å². The Hall–Kier alpha value is -1.06. The van der Waals surface area contributed by atoms with Crippen LogP contribution in [0.25, 0.3) is 0 Å². The molecule has 0 heterocycles. The monoisotopic (exact) mass is 264 g/mol. The van der Waals surface area contributed by atoms with Gasteiger partial charge in [-0.3, -0.25) is 0 Å². The molecule has 0 aromatic heterocycles. The van der Waals surface area contributed by atoms with Crippen LogP contribution in [0.5, 0.6) is 5.75 Å². The Bertz CT molecular complexity index is 414. The summed E-state index contributed by atoms with van der Waals surface area (Å²) in [6, 6.07) is 2.42. The van der Waals surface area contributed by atoms with Crippen LogP contribution in [0, 0.1) is 20.8 Å². The Morgan fingerprint density at radius 2 is 1.89 bits per heavy atom. The van der Waals surface area contributed by atoms with Crippen molar-refractivity contribution in [3.05, 3.63) is 28.3 Å². The molecule has 1 unspecified atom stereocenters. The molecule has 0 aliphatic carbocycles. The van der Waals surface area contributed by atoms with E-state index in [1.807, 2.05) is 6.92 Å². The summed E-state index contributed by atoms with van der Waals surface area (Å²) in [7, 11) is 1.73. The molecule has 3 heteroatoms. The minimum atomic E-state index is 0.277. The molecule has 0 bridgehead atoms. The first-order chi connectivity index (χ1) is 8.97. The summed E-state index contributed by atoms with van der Waals surface area (Å²) >= 11 is 0. The molecule has 0 saturated carbocycles. The highest BCUT2D eigenvalue weighted by molar-refractivity contribution is 5.48. The first-order valence-electron chi connectivity index (χ1n) is 7.07. The summed E-state index contributed by atoms with van der Waals surface area (Å²) < 4.78 is 5.40. The van der Waals surface area contributed by atoms with E-state index in [9.17, 15) is 0 Å². The van der Waals surface area contributed by atoms with Crippen LogP contribution in [-0.2, 0) is 6.42 Å². The molecule has 3 nitrogen and oxygen atoms in total. The highest BCUT2D eigenvalue weighted by atomic mass is 16.5. The molecule has 0 aliphatic heterocycles. The van der Waals surface area contributed by atoms with Gasteiger partial charge in [-0.25, -0.2) is 0 Å². The normalized spacial score (nSPS) is 12.5. The summed E-state index contributed by atoms with van der Waals surface area (Å²) in [6.07, 6.45) is 2.08. The maximum atomic E-state index is 5.73. The van der Waals surface area contributed by atoms with Gasteiger partial charge in [0.1, 0.15) is 5.75 Å². The molecule has 108 valence electrons. The zero-order chi connectivity index (χ0) is 14.4. The summed E-state index contributed by atoms with van der Waals surface area (Å²) in [4.78, 5) is 0. The number of nitrogens with one attached hydrogen (secondary N) is 1. The Labute approximate surface area is 117 Å². The Morgan fingerprint density at radius 3 is 2.47 bits per heavy atom. The summed E-state index contributed by atoms with van der Waals surface area (Å²) in [6.45, 7) is 10.5. The second-order valence-electron chi connectivity index (χ2n) is 5.39. The van der Waals surface area contributed by atoms with Crippen molar-refractivity contribution in [3.63, 3.8) is 0 Å². The van der Waals surface area contributed by atoms with Gasteiger partial charge in [0.25, 0.3) is 0 Å². The molecule has 0 saturated heterocycles. The van der Waals surface area contributed by atoms with E-state index in [2.05, 4.69) is 32.2 Å². The zero-order valence-corrected chi connectivity index (χ0v) is 13.0. The van der Waals surface area contributed by atoms with E-state index >= 15 is 0 Å². The maximum Gasteiger partial charge on any atom is 0.122 e. The number of benzene rings is 1. The lowest BCUT2D eigenvalue weighted by Crippen LogP contribution is -2.25. The fourth-order valence-corrected chi connectivity index (χ4v) is 2.36. The van der Waals surface area contributed by atoms with Crippen molar-refractivity contribution in [2.45, 2.75) is 46.6 Å². The quantitative estimate of drug-likeness (QED) is 0.744. The Kier molecular flexibility index (Phi) is 6.32. The van der Waals surface area contributed by atoms with Crippen LogP contribution in [0.4, 0.5) is 0 Å². The van der Waals surface area contributed by atoms with Gasteiger partial charge in [0.2, 0.25) is 0 Å². The van der Waals surface area contributed by atoms with Gasteiger partial charge in [-0.15, -0.1) is 0 Å². The SMILES string of the molecule is COc1cc(C)c(CCNCCC(C)N)c(C)c1C. The molecule has 0 spiro atoms. The third kappa shape index (κ3) is 4.51. The lowest BCUT2D eigenvalue weighted by molar-refractivity contribution is 0.410. The summed E-state index contributed by atoms with van der Waals surface area (Å²) in [5, 5.41) is 3.46. The average Bonchev–Trinajstić information content (AvgIpc) is 2.36. The molecular formula is C16H28N2O. The van der Waals surface area contributed by atoms with E-state index in [1.54, 1.807) is 7.11 Å². The fourth-order valence-electron chi connectivity index (χ4n) is 2.36. The van der Waals surface area contributed by atoms with Crippen molar-refractivity contribution >= 4 is 0 Å². The Balaban J connectivity index is 2.61. The molecule has 1 aromatic rings. The smallest absolute Gasteiger partial charge is 0.122 e. The standard InChI is InChI=1S/C16H28N2O/c1-11-10-16(19-5)14(4)13(3)15(11)7-9-18-8-6-12(2)17/h10,12,18H,6-9,17H2,1-5H3. The highest BCUT2D eigenvalue weighted by Gasteiger charge is 2.10. The third-order valence-electron chi connectivity index (χ3n) is 3.76. The number of ether oxygens (including phenoxy) is 1. The number of nitrogens with two attached hydrogens (primary N) is 1. The van der Waals surface area contributed by atoms with Gasteiger partial charge in [0.05, 0.1) is 7.11 Å². The van der Waals surface area contributed by atoms with Gasteiger partial charge in [-0.05, 0) is 81.9 Å². The average molecular weight is 264 g/mol. The molecule has 1 rings (SSSR count). The van der Waals surface area contributed by atoms with Gasteiger partial charge in [-0.2, -0.15) is 0 Å².